The van der Waals surface area contributed by atoms with Gasteiger partial charge in [-0.25, -0.2) is 13.2 Å². The van der Waals surface area contributed by atoms with Crippen molar-refractivity contribution in [3.63, 3.8) is 0 Å². The van der Waals surface area contributed by atoms with Crippen LogP contribution in [0.25, 0.3) is 0 Å². The first-order chi connectivity index (χ1) is 12.0. The fraction of sp³-hybridized carbons (Fsp3) is 0.529. The molecule has 0 unspecified atom stereocenters. The fourth-order valence-corrected chi connectivity index (χ4v) is 4.96. The summed E-state index contributed by atoms with van der Waals surface area (Å²) in [6, 6.07) is 3.87. The number of piperidine rings is 1. The highest BCUT2D eigenvalue weighted by Gasteiger charge is 2.32. The third-order valence-electron chi connectivity index (χ3n) is 4.32. The summed E-state index contributed by atoms with van der Waals surface area (Å²) in [5.41, 5.74) is 4.95. The average molecular weight is 403 g/mol. The van der Waals surface area contributed by atoms with Crippen LogP contribution in [0.2, 0.25) is 5.02 Å². The minimum absolute atomic E-state index is 0.0333. The topological polar surface area (TPSA) is 107 Å². The number of primary amides is 1. The molecule has 0 aliphatic carbocycles. The van der Waals surface area contributed by atoms with Crippen molar-refractivity contribution in [1.29, 1.82) is 0 Å². The first-order valence-corrected chi connectivity index (χ1v) is 10.1. The van der Waals surface area contributed by atoms with Gasteiger partial charge in [-0.05, 0) is 43.4 Å². The molecule has 1 aliphatic heterocycles. The van der Waals surface area contributed by atoms with Crippen molar-refractivity contribution in [1.82, 2.24) is 4.31 Å². The Morgan fingerprint density at radius 3 is 2.38 bits per heavy atom. The maximum absolute atomic E-state index is 13.0. The number of nitrogens with two attached hydrogens (primary N) is 1. The van der Waals surface area contributed by atoms with E-state index in [1.54, 1.807) is 0 Å². The predicted molar refractivity (Wildman–Crippen MR) is 97.2 cm³/mol. The van der Waals surface area contributed by atoms with Gasteiger partial charge >= 0.3 is 5.97 Å². The number of nitrogens with zero attached hydrogens (tertiary/aromatic N) is 1. The lowest BCUT2D eigenvalue weighted by Gasteiger charge is -2.34. The summed E-state index contributed by atoms with van der Waals surface area (Å²) in [6.07, 6.45) is -0.183. The minimum atomic E-state index is -3.77. The van der Waals surface area contributed by atoms with Crippen LogP contribution in [-0.4, -0.2) is 43.8 Å². The fourth-order valence-electron chi connectivity index (χ4n) is 3.05. The molecule has 2 N–H and O–H groups in total. The number of sulfonamides is 1. The lowest BCUT2D eigenvalue weighted by atomic mass is 9.94. The summed E-state index contributed by atoms with van der Waals surface area (Å²) in [4.78, 5) is 23.2. The molecule has 0 spiro atoms. The van der Waals surface area contributed by atoms with Gasteiger partial charge in [0.05, 0.1) is 15.5 Å². The summed E-state index contributed by atoms with van der Waals surface area (Å²) >= 11 is 6.01. The standard InChI is InChI=1S/C17H23ClN2O5S/c1-10-6-11(2)9-20(8-10)26(23,24)13-4-5-15(18)14(7-13)17(22)25-12(3)16(19)21/h4-5,7,10-12H,6,8-9H2,1-3H3,(H2,19,21)/t10-,11+,12-/m0/s1. The van der Waals surface area contributed by atoms with E-state index < -0.39 is 28.0 Å². The Hall–Kier alpha value is -1.64. The van der Waals surface area contributed by atoms with Gasteiger partial charge < -0.3 is 10.5 Å². The second-order valence-electron chi connectivity index (χ2n) is 6.86. The molecular formula is C17H23ClN2O5S. The molecule has 1 heterocycles. The molecule has 1 aromatic carbocycles. The Balaban J connectivity index is 2.33. The second kappa shape index (κ2) is 7.94. The molecule has 2 rings (SSSR count). The molecule has 9 heteroatoms. The molecular weight excluding hydrogens is 380 g/mol. The van der Waals surface area contributed by atoms with E-state index in [1.165, 1.54) is 29.4 Å². The second-order valence-corrected chi connectivity index (χ2v) is 9.20. The average Bonchev–Trinajstić information content (AvgIpc) is 2.53. The van der Waals surface area contributed by atoms with Crippen molar-refractivity contribution in [3.8, 4) is 0 Å². The number of hydrogen-bond acceptors (Lipinski definition) is 5. The minimum Gasteiger partial charge on any atom is -0.449 e. The first kappa shape index (κ1) is 20.7. The van der Waals surface area contributed by atoms with Gasteiger partial charge in [-0.2, -0.15) is 4.31 Å². The third kappa shape index (κ3) is 4.55. The number of rotatable bonds is 5. The van der Waals surface area contributed by atoms with Crippen molar-refractivity contribution < 1.29 is 22.7 Å². The monoisotopic (exact) mass is 402 g/mol. The maximum atomic E-state index is 13.0. The molecule has 7 nitrogen and oxygen atoms in total. The van der Waals surface area contributed by atoms with Gasteiger partial charge in [0.2, 0.25) is 10.0 Å². The Bertz CT molecular complexity index is 801. The normalized spacial score (nSPS) is 22.6. The van der Waals surface area contributed by atoms with Crippen LogP contribution in [0.15, 0.2) is 23.1 Å². The lowest BCUT2D eigenvalue weighted by molar-refractivity contribution is -0.125. The van der Waals surface area contributed by atoms with E-state index in [1.807, 2.05) is 13.8 Å². The zero-order valence-corrected chi connectivity index (χ0v) is 16.5. The molecule has 0 saturated carbocycles. The van der Waals surface area contributed by atoms with Crippen LogP contribution in [0, 0.1) is 11.8 Å². The summed E-state index contributed by atoms with van der Waals surface area (Å²) < 4.78 is 32.2. The Kier molecular flexibility index (Phi) is 6.31. The van der Waals surface area contributed by atoms with Crippen molar-refractivity contribution in [3.05, 3.63) is 28.8 Å². The number of benzene rings is 1. The number of hydrogen-bond donors (Lipinski definition) is 1. The van der Waals surface area contributed by atoms with Gasteiger partial charge in [0.25, 0.3) is 5.91 Å². The van der Waals surface area contributed by atoms with Crippen molar-refractivity contribution in [2.45, 2.75) is 38.2 Å². The van der Waals surface area contributed by atoms with Crippen LogP contribution in [0.1, 0.15) is 37.6 Å². The summed E-state index contributed by atoms with van der Waals surface area (Å²) in [5.74, 6) is -1.21. The SMILES string of the molecule is C[C@@H]1C[C@H](C)CN(S(=O)(=O)c2ccc(Cl)c(C(=O)O[C@@H](C)C(N)=O)c2)C1. The van der Waals surface area contributed by atoms with Crippen LogP contribution in [-0.2, 0) is 19.6 Å². The largest absolute Gasteiger partial charge is 0.449 e. The summed E-state index contributed by atoms with van der Waals surface area (Å²) in [6.45, 7) is 6.19. The van der Waals surface area contributed by atoms with Gasteiger partial charge in [-0.3, -0.25) is 4.79 Å². The highest BCUT2D eigenvalue weighted by atomic mass is 35.5. The van der Waals surface area contributed by atoms with E-state index in [2.05, 4.69) is 0 Å². The van der Waals surface area contributed by atoms with Crippen LogP contribution in [0.5, 0.6) is 0 Å². The number of amides is 1. The van der Waals surface area contributed by atoms with Crippen LogP contribution in [0.4, 0.5) is 0 Å². The molecule has 1 amide bonds. The van der Waals surface area contributed by atoms with E-state index in [4.69, 9.17) is 22.1 Å². The Labute approximate surface area is 158 Å². The molecule has 0 radical (unpaired) electrons. The van der Waals surface area contributed by atoms with Crippen LogP contribution in [0.3, 0.4) is 0 Å². The van der Waals surface area contributed by atoms with E-state index in [9.17, 15) is 18.0 Å². The van der Waals surface area contributed by atoms with Gasteiger partial charge in [0.15, 0.2) is 6.10 Å². The van der Waals surface area contributed by atoms with Crippen molar-refractivity contribution in [2.75, 3.05) is 13.1 Å². The molecule has 1 aliphatic rings. The van der Waals surface area contributed by atoms with E-state index in [0.717, 1.165) is 6.42 Å². The zero-order valence-electron chi connectivity index (χ0n) is 14.9. The van der Waals surface area contributed by atoms with Crippen molar-refractivity contribution >= 4 is 33.5 Å². The van der Waals surface area contributed by atoms with Crippen LogP contribution >= 0.6 is 11.6 Å². The molecule has 26 heavy (non-hydrogen) atoms. The number of carbonyl (C=O) groups excluding carboxylic acids is 2. The van der Waals surface area contributed by atoms with Gasteiger partial charge in [-0.1, -0.05) is 25.4 Å². The van der Waals surface area contributed by atoms with Gasteiger partial charge in [0.1, 0.15) is 0 Å². The van der Waals surface area contributed by atoms with Gasteiger partial charge in [-0.15, -0.1) is 0 Å². The maximum Gasteiger partial charge on any atom is 0.340 e. The van der Waals surface area contributed by atoms with Gasteiger partial charge in [0, 0.05) is 13.1 Å². The molecule has 1 aromatic rings. The predicted octanol–water partition coefficient (Wildman–Crippen LogP) is 2.04. The van der Waals surface area contributed by atoms with E-state index >= 15 is 0 Å². The number of halogens is 1. The number of esters is 1. The van der Waals surface area contributed by atoms with Crippen LogP contribution < -0.4 is 5.73 Å². The third-order valence-corrected chi connectivity index (χ3v) is 6.47. The van der Waals surface area contributed by atoms with Crippen molar-refractivity contribution in [2.24, 2.45) is 17.6 Å². The lowest BCUT2D eigenvalue weighted by Crippen LogP contribution is -2.42. The molecule has 0 aromatic heterocycles. The summed E-state index contributed by atoms with van der Waals surface area (Å²) in [5, 5.41) is 0.0333. The first-order valence-electron chi connectivity index (χ1n) is 8.32. The smallest absolute Gasteiger partial charge is 0.340 e. The van der Waals surface area contributed by atoms with E-state index in [-0.39, 0.29) is 27.3 Å². The number of carbonyl (C=O) groups is 2. The zero-order chi connectivity index (χ0) is 19.6. The van der Waals surface area contributed by atoms with E-state index in [0.29, 0.717) is 13.1 Å². The quantitative estimate of drug-likeness (QED) is 0.758. The Morgan fingerprint density at radius 1 is 1.27 bits per heavy atom. The highest BCUT2D eigenvalue weighted by molar-refractivity contribution is 7.89. The number of ether oxygens (including phenoxy) is 1. The molecule has 0 bridgehead atoms. The summed E-state index contributed by atoms with van der Waals surface area (Å²) in [7, 11) is -3.77. The molecule has 1 fully saturated rings. The highest BCUT2D eigenvalue weighted by Crippen LogP contribution is 2.29. The molecule has 3 atom stereocenters. The molecule has 1 saturated heterocycles. The Morgan fingerprint density at radius 2 is 1.85 bits per heavy atom. The molecule has 144 valence electrons.